The quantitative estimate of drug-likeness (QED) is 0.480. The van der Waals surface area contributed by atoms with E-state index in [2.05, 4.69) is 20.8 Å². The number of hydrogen-bond donors (Lipinski definition) is 2. The molecule has 0 aliphatic rings. The molecule has 7 heteroatoms. The van der Waals surface area contributed by atoms with E-state index in [0.717, 1.165) is 11.1 Å². The van der Waals surface area contributed by atoms with Crippen LogP contribution in [0.5, 0.6) is 0 Å². The Balaban J connectivity index is 1.51. The van der Waals surface area contributed by atoms with Gasteiger partial charge in [-0.05, 0) is 31.2 Å². The lowest BCUT2D eigenvalue weighted by Crippen LogP contribution is -2.18. The largest absolute Gasteiger partial charge is 0.321 e. The molecule has 148 valence electrons. The number of para-hydroxylation sites is 1. The summed E-state index contributed by atoms with van der Waals surface area (Å²) in [6, 6.07) is 23.8. The Labute approximate surface area is 177 Å². The van der Waals surface area contributed by atoms with Gasteiger partial charge >= 0.3 is 0 Å². The number of nitrogens with zero attached hydrogens (tertiary/aromatic N) is 2. The highest BCUT2D eigenvalue weighted by atomic mass is 32.1. The third-order valence-electron chi connectivity index (χ3n) is 4.37. The Morgan fingerprint density at radius 1 is 0.800 bits per heavy atom. The first kappa shape index (κ1) is 19.5. The highest BCUT2D eigenvalue weighted by Crippen LogP contribution is 2.27. The molecule has 1 aromatic heterocycles. The van der Waals surface area contributed by atoms with Crippen molar-refractivity contribution in [3.05, 3.63) is 95.6 Å². The Bertz CT molecular complexity index is 1200. The number of aromatic nitrogens is 2. The number of aryl methyl sites for hydroxylation is 1. The zero-order valence-electron chi connectivity index (χ0n) is 16.1. The summed E-state index contributed by atoms with van der Waals surface area (Å²) >= 11 is 1.29. The van der Waals surface area contributed by atoms with Crippen LogP contribution in [0.4, 0.5) is 10.8 Å². The standard InChI is InChI=1S/C23H18N4O2S/c1-15-8-7-11-17(14-15)20(28)24-19-13-6-5-12-18(19)21(29)25-23-27-26-22(30-23)16-9-3-2-4-10-16/h2-14H,1H3,(H,24,28)(H,25,27,29). The van der Waals surface area contributed by atoms with Crippen molar-refractivity contribution >= 4 is 34.0 Å². The van der Waals surface area contributed by atoms with Crippen molar-refractivity contribution in [2.24, 2.45) is 0 Å². The first-order valence-electron chi connectivity index (χ1n) is 9.27. The van der Waals surface area contributed by atoms with Gasteiger partial charge in [0.25, 0.3) is 11.8 Å². The maximum absolute atomic E-state index is 12.8. The molecule has 4 aromatic rings. The SMILES string of the molecule is Cc1cccc(C(=O)Nc2ccccc2C(=O)Nc2nnc(-c3ccccc3)s2)c1. The van der Waals surface area contributed by atoms with Gasteiger partial charge in [-0.3, -0.25) is 14.9 Å². The van der Waals surface area contributed by atoms with E-state index in [4.69, 9.17) is 0 Å². The number of hydrogen-bond acceptors (Lipinski definition) is 5. The molecule has 1 heterocycles. The molecule has 2 N–H and O–H groups in total. The van der Waals surface area contributed by atoms with E-state index in [1.165, 1.54) is 11.3 Å². The Kier molecular flexibility index (Phi) is 5.63. The molecule has 0 unspecified atom stereocenters. The van der Waals surface area contributed by atoms with Crippen molar-refractivity contribution < 1.29 is 9.59 Å². The van der Waals surface area contributed by atoms with Gasteiger partial charge in [-0.15, -0.1) is 10.2 Å². The summed E-state index contributed by atoms with van der Waals surface area (Å²) in [6.07, 6.45) is 0. The van der Waals surface area contributed by atoms with E-state index in [1.54, 1.807) is 36.4 Å². The molecule has 4 rings (SSSR count). The average Bonchev–Trinajstić information content (AvgIpc) is 3.23. The predicted molar refractivity (Wildman–Crippen MR) is 119 cm³/mol. The van der Waals surface area contributed by atoms with Gasteiger partial charge in [0.15, 0.2) is 0 Å². The number of benzene rings is 3. The van der Waals surface area contributed by atoms with Crippen LogP contribution < -0.4 is 10.6 Å². The fraction of sp³-hybridized carbons (Fsp3) is 0.0435. The van der Waals surface area contributed by atoms with Crippen molar-refractivity contribution in [2.45, 2.75) is 6.92 Å². The smallest absolute Gasteiger partial charge is 0.259 e. The number of carbonyl (C=O) groups is 2. The molecular weight excluding hydrogens is 396 g/mol. The molecule has 0 atom stereocenters. The van der Waals surface area contributed by atoms with E-state index < -0.39 is 0 Å². The van der Waals surface area contributed by atoms with Crippen molar-refractivity contribution in [3.63, 3.8) is 0 Å². The van der Waals surface area contributed by atoms with E-state index in [9.17, 15) is 9.59 Å². The van der Waals surface area contributed by atoms with Crippen LogP contribution in [0.25, 0.3) is 10.6 Å². The van der Waals surface area contributed by atoms with Crippen molar-refractivity contribution in [1.29, 1.82) is 0 Å². The third kappa shape index (κ3) is 4.42. The number of anilines is 2. The van der Waals surface area contributed by atoms with Crippen molar-refractivity contribution in [1.82, 2.24) is 10.2 Å². The second-order valence-corrected chi connectivity index (χ2v) is 7.58. The van der Waals surface area contributed by atoms with Gasteiger partial charge in [-0.2, -0.15) is 0 Å². The maximum atomic E-state index is 12.8. The lowest BCUT2D eigenvalue weighted by Gasteiger charge is -2.10. The minimum atomic E-state index is -0.370. The first-order valence-corrected chi connectivity index (χ1v) is 10.1. The van der Waals surface area contributed by atoms with Crippen LogP contribution >= 0.6 is 11.3 Å². The van der Waals surface area contributed by atoms with Crippen LogP contribution in [0, 0.1) is 6.92 Å². The highest BCUT2D eigenvalue weighted by molar-refractivity contribution is 7.18. The molecule has 0 saturated carbocycles. The molecular formula is C23H18N4O2S. The second-order valence-electron chi connectivity index (χ2n) is 6.60. The Morgan fingerprint density at radius 2 is 1.57 bits per heavy atom. The maximum Gasteiger partial charge on any atom is 0.259 e. The minimum absolute atomic E-state index is 0.277. The summed E-state index contributed by atoms with van der Waals surface area (Å²) in [5.74, 6) is -0.646. The lowest BCUT2D eigenvalue weighted by atomic mass is 10.1. The molecule has 0 fully saturated rings. The van der Waals surface area contributed by atoms with Gasteiger partial charge < -0.3 is 5.32 Å². The number of nitrogens with one attached hydrogen (secondary N) is 2. The fourth-order valence-corrected chi connectivity index (χ4v) is 3.65. The summed E-state index contributed by atoms with van der Waals surface area (Å²) in [5, 5.41) is 14.9. The van der Waals surface area contributed by atoms with E-state index in [-0.39, 0.29) is 11.8 Å². The van der Waals surface area contributed by atoms with Crippen molar-refractivity contribution in [3.8, 4) is 10.6 Å². The summed E-state index contributed by atoms with van der Waals surface area (Å²) in [7, 11) is 0. The number of amides is 2. The van der Waals surface area contributed by atoms with Gasteiger partial charge in [0.1, 0.15) is 5.01 Å². The summed E-state index contributed by atoms with van der Waals surface area (Å²) < 4.78 is 0. The summed E-state index contributed by atoms with van der Waals surface area (Å²) in [6.45, 7) is 1.92. The van der Waals surface area contributed by atoms with Crippen LogP contribution in [0.3, 0.4) is 0 Å². The third-order valence-corrected chi connectivity index (χ3v) is 5.25. The number of carbonyl (C=O) groups excluding carboxylic acids is 2. The fourth-order valence-electron chi connectivity index (χ4n) is 2.91. The topological polar surface area (TPSA) is 84.0 Å². The zero-order chi connectivity index (χ0) is 20.9. The van der Waals surface area contributed by atoms with Gasteiger partial charge in [0, 0.05) is 11.1 Å². The van der Waals surface area contributed by atoms with Crippen LogP contribution in [0.2, 0.25) is 0 Å². The molecule has 6 nitrogen and oxygen atoms in total. The minimum Gasteiger partial charge on any atom is -0.321 e. The molecule has 30 heavy (non-hydrogen) atoms. The van der Waals surface area contributed by atoms with Crippen molar-refractivity contribution in [2.75, 3.05) is 10.6 Å². The van der Waals surface area contributed by atoms with Crippen LogP contribution in [0.15, 0.2) is 78.9 Å². The van der Waals surface area contributed by atoms with Gasteiger partial charge in [0.05, 0.1) is 11.3 Å². The second kappa shape index (κ2) is 8.67. The van der Waals surface area contributed by atoms with Crippen LogP contribution in [0.1, 0.15) is 26.3 Å². The zero-order valence-corrected chi connectivity index (χ0v) is 16.9. The lowest BCUT2D eigenvalue weighted by molar-refractivity contribution is 0.102. The van der Waals surface area contributed by atoms with Gasteiger partial charge in [0.2, 0.25) is 5.13 Å². The highest BCUT2D eigenvalue weighted by Gasteiger charge is 2.16. The van der Waals surface area contributed by atoms with Gasteiger partial charge in [-0.25, -0.2) is 0 Å². The number of rotatable bonds is 5. The molecule has 0 aliphatic carbocycles. The molecule has 3 aromatic carbocycles. The molecule has 0 spiro atoms. The summed E-state index contributed by atoms with van der Waals surface area (Å²) in [4.78, 5) is 25.4. The van der Waals surface area contributed by atoms with E-state index in [0.29, 0.717) is 27.0 Å². The normalized spacial score (nSPS) is 10.4. The van der Waals surface area contributed by atoms with Crippen LogP contribution in [-0.4, -0.2) is 22.0 Å². The van der Waals surface area contributed by atoms with E-state index in [1.807, 2.05) is 49.4 Å². The predicted octanol–water partition coefficient (Wildman–Crippen LogP) is 5.02. The van der Waals surface area contributed by atoms with Gasteiger partial charge in [-0.1, -0.05) is 71.5 Å². The Hall–Kier alpha value is -3.84. The Morgan fingerprint density at radius 3 is 2.37 bits per heavy atom. The molecule has 0 radical (unpaired) electrons. The molecule has 0 bridgehead atoms. The molecule has 0 saturated heterocycles. The van der Waals surface area contributed by atoms with Crippen LogP contribution in [-0.2, 0) is 0 Å². The summed E-state index contributed by atoms with van der Waals surface area (Å²) in [5.41, 5.74) is 3.21. The molecule has 0 aliphatic heterocycles. The van der Waals surface area contributed by atoms with E-state index >= 15 is 0 Å². The first-order chi connectivity index (χ1) is 14.6. The molecule has 2 amide bonds. The monoisotopic (exact) mass is 414 g/mol. The average molecular weight is 414 g/mol.